The molecular formula is C10H21NO3S. The Hall–Kier alpha value is -0.130. The number of hydrogen-bond donors (Lipinski definition) is 1. The van der Waals surface area contributed by atoms with Gasteiger partial charge in [-0.3, -0.25) is 4.90 Å². The van der Waals surface area contributed by atoms with Crippen molar-refractivity contribution in [3.05, 3.63) is 0 Å². The van der Waals surface area contributed by atoms with Gasteiger partial charge in [-0.15, -0.1) is 0 Å². The fourth-order valence-corrected chi connectivity index (χ4v) is 3.11. The lowest BCUT2D eigenvalue weighted by Crippen LogP contribution is -2.36. The fraction of sp³-hybridized carbons (Fsp3) is 1.00. The number of rotatable bonds is 1. The zero-order valence-electron chi connectivity index (χ0n) is 9.52. The predicted molar refractivity (Wildman–Crippen MR) is 60.6 cm³/mol. The van der Waals surface area contributed by atoms with E-state index in [2.05, 4.69) is 18.7 Å². The molecular weight excluding hydrogens is 214 g/mol. The van der Waals surface area contributed by atoms with Gasteiger partial charge in [0.2, 0.25) is 0 Å². The Balaban J connectivity index is 2.67. The highest BCUT2D eigenvalue weighted by Crippen LogP contribution is 2.10. The normalized spacial score (nSPS) is 29.5. The lowest BCUT2D eigenvalue weighted by Gasteiger charge is -2.25. The number of hydrogen-bond acceptors (Lipinski definition) is 4. The first-order chi connectivity index (χ1) is 6.91. The first-order valence-corrected chi connectivity index (χ1v) is 7.35. The van der Waals surface area contributed by atoms with Gasteiger partial charge in [-0.1, -0.05) is 0 Å². The Kier molecular flexibility index (Phi) is 4.55. The monoisotopic (exact) mass is 235 g/mol. The molecule has 1 heterocycles. The van der Waals surface area contributed by atoms with E-state index in [1.54, 1.807) is 0 Å². The Morgan fingerprint density at radius 2 is 1.87 bits per heavy atom. The van der Waals surface area contributed by atoms with Crippen LogP contribution in [0, 0.1) is 0 Å². The van der Waals surface area contributed by atoms with Crippen LogP contribution in [0.1, 0.15) is 26.7 Å². The van der Waals surface area contributed by atoms with Gasteiger partial charge in [-0.25, -0.2) is 8.42 Å². The summed E-state index contributed by atoms with van der Waals surface area (Å²) in [6.45, 7) is 5.48. The van der Waals surface area contributed by atoms with Gasteiger partial charge >= 0.3 is 0 Å². The van der Waals surface area contributed by atoms with Gasteiger partial charge in [0.05, 0.1) is 17.6 Å². The van der Waals surface area contributed by atoms with E-state index in [1.165, 1.54) is 0 Å². The fourth-order valence-electron chi connectivity index (χ4n) is 1.76. The number of aliphatic hydroxyl groups excluding tert-OH is 1. The van der Waals surface area contributed by atoms with Gasteiger partial charge in [0.15, 0.2) is 9.84 Å². The molecule has 0 radical (unpaired) electrons. The van der Waals surface area contributed by atoms with Gasteiger partial charge in [0, 0.05) is 19.1 Å². The molecule has 0 saturated carbocycles. The lowest BCUT2D eigenvalue weighted by molar-refractivity contribution is 0.131. The summed E-state index contributed by atoms with van der Waals surface area (Å²) in [4.78, 5) is 2.12. The zero-order chi connectivity index (χ0) is 11.5. The van der Waals surface area contributed by atoms with E-state index in [9.17, 15) is 13.5 Å². The molecule has 1 aliphatic heterocycles. The van der Waals surface area contributed by atoms with Gasteiger partial charge in [0.25, 0.3) is 0 Å². The Morgan fingerprint density at radius 1 is 1.20 bits per heavy atom. The molecule has 4 nitrogen and oxygen atoms in total. The number of nitrogens with zero attached hydrogens (tertiary/aromatic N) is 1. The van der Waals surface area contributed by atoms with Crippen molar-refractivity contribution < 1.29 is 13.5 Å². The largest absolute Gasteiger partial charge is 0.393 e. The van der Waals surface area contributed by atoms with Crippen LogP contribution in [0.2, 0.25) is 0 Å². The maximum Gasteiger partial charge on any atom is 0.151 e. The molecule has 0 amide bonds. The maximum atomic E-state index is 11.6. The molecule has 0 bridgehead atoms. The van der Waals surface area contributed by atoms with Crippen molar-refractivity contribution in [1.29, 1.82) is 0 Å². The van der Waals surface area contributed by atoms with Gasteiger partial charge < -0.3 is 5.11 Å². The van der Waals surface area contributed by atoms with E-state index in [1.807, 2.05) is 0 Å². The van der Waals surface area contributed by atoms with E-state index in [-0.39, 0.29) is 11.5 Å². The van der Waals surface area contributed by atoms with Crippen molar-refractivity contribution in [3.8, 4) is 0 Å². The predicted octanol–water partition coefficient (Wildman–Crippen LogP) is 0.266. The average Bonchev–Trinajstić information content (AvgIpc) is 2.19. The van der Waals surface area contributed by atoms with Gasteiger partial charge in [0.1, 0.15) is 0 Å². The number of aliphatic hydroxyl groups is 1. The van der Waals surface area contributed by atoms with Crippen molar-refractivity contribution >= 4 is 9.84 Å². The molecule has 0 aromatic rings. The third-order valence-corrected chi connectivity index (χ3v) is 4.59. The minimum absolute atomic E-state index is 0.125. The summed E-state index contributed by atoms with van der Waals surface area (Å²) in [7, 11) is -2.97. The van der Waals surface area contributed by atoms with Crippen LogP contribution in [0.4, 0.5) is 0 Å². The third kappa shape index (κ3) is 4.49. The summed E-state index contributed by atoms with van der Waals surface area (Å²) in [6, 6.07) is 0.338. The van der Waals surface area contributed by atoms with E-state index in [0.717, 1.165) is 6.54 Å². The van der Waals surface area contributed by atoms with Crippen LogP contribution < -0.4 is 0 Å². The molecule has 0 aromatic heterocycles. The van der Waals surface area contributed by atoms with Crippen molar-refractivity contribution in [2.45, 2.75) is 38.8 Å². The summed E-state index contributed by atoms with van der Waals surface area (Å²) < 4.78 is 23.1. The third-order valence-electron chi connectivity index (χ3n) is 2.93. The first-order valence-electron chi connectivity index (χ1n) is 5.53. The van der Waals surface area contributed by atoms with Crippen LogP contribution in [-0.4, -0.2) is 55.2 Å². The molecule has 0 aromatic carbocycles. The molecule has 0 aliphatic carbocycles. The number of sulfone groups is 1. The zero-order valence-corrected chi connectivity index (χ0v) is 10.3. The Morgan fingerprint density at radius 3 is 2.47 bits per heavy atom. The summed E-state index contributed by atoms with van der Waals surface area (Å²) in [6.07, 6.45) is 0.584. The van der Waals surface area contributed by atoms with Crippen molar-refractivity contribution in [2.24, 2.45) is 0 Å². The molecule has 1 aliphatic rings. The summed E-state index contributed by atoms with van der Waals surface area (Å²) in [5.74, 6) is 0.345. The van der Waals surface area contributed by atoms with Crippen LogP contribution in [0.25, 0.3) is 0 Å². The molecule has 5 heteroatoms. The second-order valence-electron chi connectivity index (χ2n) is 4.51. The maximum absolute atomic E-state index is 11.6. The van der Waals surface area contributed by atoms with E-state index < -0.39 is 15.9 Å². The van der Waals surface area contributed by atoms with Gasteiger partial charge in [-0.2, -0.15) is 0 Å². The highest BCUT2D eigenvalue weighted by Gasteiger charge is 2.21. The summed E-state index contributed by atoms with van der Waals surface area (Å²) >= 11 is 0. The van der Waals surface area contributed by atoms with Crippen LogP contribution in [0.5, 0.6) is 0 Å². The van der Waals surface area contributed by atoms with Crippen LogP contribution in [0.3, 0.4) is 0 Å². The van der Waals surface area contributed by atoms with E-state index >= 15 is 0 Å². The van der Waals surface area contributed by atoms with Gasteiger partial charge in [-0.05, 0) is 26.7 Å². The SMILES string of the molecule is CC(C)N1CCC(O)CCS(=O)(=O)CC1. The quantitative estimate of drug-likeness (QED) is 0.708. The highest BCUT2D eigenvalue weighted by atomic mass is 32.2. The van der Waals surface area contributed by atoms with E-state index in [4.69, 9.17) is 0 Å². The molecule has 1 unspecified atom stereocenters. The molecule has 1 N–H and O–H groups in total. The standard InChI is InChI=1S/C10H21NO3S/c1-9(2)11-5-3-10(12)4-7-15(13,14)8-6-11/h9-10,12H,3-8H2,1-2H3. The Bertz CT molecular complexity index is 287. The molecule has 1 rings (SSSR count). The smallest absolute Gasteiger partial charge is 0.151 e. The molecule has 1 saturated heterocycles. The Labute approximate surface area is 92.2 Å². The van der Waals surface area contributed by atoms with Crippen LogP contribution >= 0.6 is 0 Å². The second kappa shape index (κ2) is 5.27. The molecule has 0 spiro atoms. The summed E-state index contributed by atoms with van der Waals surface area (Å²) in [5.41, 5.74) is 0. The van der Waals surface area contributed by atoms with Crippen LogP contribution in [0.15, 0.2) is 0 Å². The van der Waals surface area contributed by atoms with Crippen molar-refractivity contribution in [1.82, 2.24) is 4.90 Å². The van der Waals surface area contributed by atoms with Crippen molar-refractivity contribution in [3.63, 3.8) is 0 Å². The van der Waals surface area contributed by atoms with Crippen molar-refractivity contribution in [2.75, 3.05) is 24.6 Å². The molecule has 1 fully saturated rings. The minimum atomic E-state index is -2.97. The second-order valence-corrected chi connectivity index (χ2v) is 6.82. The molecule has 1 atom stereocenters. The highest BCUT2D eigenvalue weighted by molar-refractivity contribution is 7.91. The topological polar surface area (TPSA) is 57.6 Å². The summed E-state index contributed by atoms with van der Waals surface area (Å²) in [5, 5.41) is 9.58. The molecule has 90 valence electrons. The first kappa shape index (κ1) is 12.9. The minimum Gasteiger partial charge on any atom is -0.393 e. The lowest BCUT2D eigenvalue weighted by atomic mass is 10.2. The molecule has 15 heavy (non-hydrogen) atoms. The van der Waals surface area contributed by atoms with Crippen LogP contribution in [-0.2, 0) is 9.84 Å². The average molecular weight is 235 g/mol. The van der Waals surface area contributed by atoms with E-state index in [0.29, 0.717) is 25.4 Å².